The molecule has 0 spiro atoms. The Morgan fingerprint density at radius 3 is 2.61 bits per heavy atom. The molecule has 0 atom stereocenters. The second-order valence-electron chi connectivity index (χ2n) is 7.30. The third-order valence-corrected chi connectivity index (χ3v) is 8.14. The molecule has 0 saturated carbocycles. The van der Waals surface area contributed by atoms with Gasteiger partial charge in [0.15, 0.2) is 0 Å². The van der Waals surface area contributed by atoms with E-state index < -0.39 is 10.0 Å². The van der Waals surface area contributed by atoms with Gasteiger partial charge in [-0.2, -0.15) is 5.26 Å². The Hall–Kier alpha value is -3.28. The molecule has 1 N–H and O–H groups in total. The van der Waals surface area contributed by atoms with Crippen LogP contribution in [0.1, 0.15) is 11.4 Å². The lowest BCUT2D eigenvalue weighted by Crippen LogP contribution is -2.35. The van der Waals surface area contributed by atoms with Crippen molar-refractivity contribution in [1.82, 2.24) is 9.97 Å². The van der Waals surface area contributed by atoms with Gasteiger partial charge in [0, 0.05) is 17.2 Å². The summed E-state index contributed by atoms with van der Waals surface area (Å²) in [6.45, 7) is 2.24. The summed E-state index contributed by atoms with van der Waals surface area (Å²) in [5, 5.41) is 9.02. The largest absolute Gasteiger partial charge is 0.342 e. The topological polar surface area (TPSA) is 89.8 Å². The standard InChI is InChI=1S/C23H18N4O2S2/c1-15-25-20-8-7-19(13-21(20)26-15)31(28,29)27-10-11-30-23-9-6-18(12-22(23)27)17-4-2-16(14-24)3-5-17/h2-9,12-13H,10-11H2,1H3,(H,25,26). The predicted octanol–water partition coefficient (Wildman–Crippen LogP) is 4.71. The van der Waals surface area contributed by atoms with Crippen molar-refractivity contribution in [1.29, 1.82) is 5.26 Å². The Morgan fingerprint density at radius 1 is 1.06 bits per heavy atom. The minimum Gasteiger partial charge on any atom is -0.342 e. The molecule has 0 radical (unpaired) electrons. The van der Waals surface area contributed by atoms with E-state index >= 15 is 0 Å². The maximum Gasteiger partial charge on any atom is 0.264 e. The normalized spacial score (nSPS) is 13.7. The average Bonchev–Trinajstić information content (AvgIpc) is 3.17. The van der Waals surface area contributed by atoms with Gasteiger partial charge in [-0.25, -0.2) is 13.4 Å². The first-order chi connectivity index (χ1) is 15.0. The number of hydrogen-bond acceptors (Lipinski definition) is 5. The van der Waals surface area contributed by atoms with Crippen LogP contribution in [-0.2, 0) is 10.0 Å². The number of anilines is 1. The SMILES string of the molecule is Cc1nc2ccc(S(=O)(=O)N3CCSc4ccc(-c5ccc(C#N)cc5)cc43)cc2[nH]1. The molecule has 0 fully saturated rings. The summed E-state index contributed by atoms with van der Waals surface area (Å²) >= 11 is 1.65. The number of H-pyrrole nitrogens is 1. The van der Waals surface area contributed by atoms with Crippen molar-refractivity contribution in [3.05, 3.63) is 72.1 Å². The lowest BCUT2D eigenvalue weighted by molar-refractivity contribution is 0.591. The van der Waals surface area contributed by atoms with Gasteiger partial charge in [-0.05, 0) is 60.5 Å². The van der Waals surface area contributed by atoms with E-state index in [-0.39, 0.29) is 4.90 Å². The first-order valence-corrected chi connectivity index (χ1v) is 12.1. The van der Waals surface area contributed by atoms with Crippen LogP contribution in [0.3, 0.4) is 0 Å². The van der Waals surface area contributed by atoms with Crippen molar-refractivity contribution in [3.8, 4) is 17.2 Å². The van der Waals surface area contributed by atoms with Crippen LogP contribution in [0.4, 0.5) is 5.69 Å². The lowest BCUT2D eigenvalue weighted by Gasteiger charge is -2.30. The maximum atomic E-state index is 13.6. The van der Waals surface area contributed by atoms with Crippen LogP contribution >= 0.6 is 11.8 Å². The van der Waals surface area contributed by atoms with E-state index in [1.54, 1.807) is 42.1 Å². The third-order valence-electron chi connectivity index (χ3n) is 5.29. The zero-order valence-corrected chi connectivity index (χ0v) is 18.3. The van der Waals surface area contributed by atoms with Gasteiger partial charge >= 0.3 is 0 Å². The zero-order chi connectivity index (χ0) is 21.6. The summed E-state index contributed by atoms with van der Waals surface area (Å²) in [5.41, 5.74) is 4.56. The highest BCUT2D eigenvalue weighted by atomic mass is 32.2. The number of rotatable bonds is 3. The molecular weight excluding hydrogens is 428 g/mol. The molecule has 0 saturated heterocycles. The van der Waals surface area contributed by atoms with Crippen molar-refractivity contribution in [2.24, 2.45) is 0 Å². The first-order valence-electron chi connectivity index (χ1n) is 9.72. The maximum absolute atomic E-state index is 13.6. The molecule has 0 bridgehead atoms. The minimum atomic E-state index is -3.74. The Labute approximate surface area is 184 Å². The molecule has 1 aliphatic rings. The number of fused-ring (bicyclic) bond motifs is 2. The lowest BCUT2D eigenvalue weighted by atomic mass is 10.0. The van der Waals surface area contributed by atoms with Gasteiger partial charge in [0.1, 0.15) is 5.82 Å². The Balaban J connectivity index is 1.58. The van der Waals surface area contributed by atoms with Crippen molar-refractivity contribution < 1.29 is 8.42 Å². The quantitative estimate of drug-likeness (QED) is 0.492. The van der Waals surface area contributed by atoms with Crippen molar-refractivity contribution in [2.75, 3.05) is 16.6 Å². The third kappa shape index (κ3) is 3.46. The van der Waals surface area contributed by atoms with Crippen LogP contribution in [0.2, 0.25) is 0 Å². The van der Waals surface area contributed by atoms with Gasteiger partial charge < -0.3 is 4.98 Å². The van der Waals surface area contributed by atoms with Gasteiger partial charge in [0.25, 0.3) is 10.0 Å². The molecule has 1 aromatic heterocycles. The highest BCUT2D eigenvalue weighted by Crippen LogP contribution is 2.40. The molecule has 8 heteroatoms. The van der Waals surface area contributed by atoms with E-state index in [1.807, 2.05) is 37.3 Å². The van der Waals surface area contributed by atoms with Gasteiger partial charge in [-0.15, -0.1) is 11.8 Å². The van der Waals surface area contributed by atoms with Crippen LogP contribution in [0, 0.1) is 18.3 Å². The van der Waals surface area contributed by atoms with E-state index in [1.165, 1.54) is 4.31 Å². The monoisotopic (exact) mass is 446 g/mol. The predicted molar refractivity (Wildman–Crippen MR) is 123 cm³/mol. The minimum absolute atomic E-state index is 0.241. The van der Waals surface area contributed by atoms with Crippen molar-refractivity contribution in [2.45, 2.75) is 16.7 Å². The van der Waals surface area contributed by atoms with Crippen LogP contribution in [0.5, 0.6) is 0 Å². The van der Waals surface area contributed by atoms with E-state index in [0.29, 0.717) is 29.1 Å². The number of nitrogens with one attached hydrogen (secondary N) is 1. The molecule has 1 aliphatic heterocycles. The van der Waals surface area contributed by atoms with Crippen molar-refractivity contribution >= 4 is 38.5 Å². The second-order valence-corrected chi connectivity index (χ2v) is 10.3. The van der Waals surface area contributed by atoms with Crippen molar-refractivity contribution in [3.63, 3.8) is 0 Å². The summed E-state index contributed by atoms with van der Waals surface area (Å²) in [4.78, 5) is 8.64. The summed E-state index contributed by atoms with van der Waals surface area (Å²) in [6.07, 6.45) is 0. The number of aromatic nitrogens is 2. The van der Waals surface area contributed by atoms with Gasteiger partial charge in [0.2, 0.25) is 0 Å². The van der Waals surface area contributed by atoms with Crippen LogP contribution in [-0.4, -0.2) is 30.7 Å². The summed E-state index contributed by atoms with van der Waals surface area (Å²) in [5.74, 6) is 1.43. The fourth-order valence-electron chi connectivity index (χ4n) is 3.76. The highest BCUT2D eigenvalue weighted by Gasteiger charge is 2.30. The first kappa shape index (κ1) is 19.7. The van der Waals surface area contributed by atoms with E-state index in [4.69, 9.17) is 5.26 Å². The molecule has 0 unspecified atom stereocenters. The number of hydrogen-bond donors (Lipinski definition) is 1. The second kappa shape index (κ2) is 7.45. The Kier molecular flexibility index (Phi) is 4.73. The highest BCUT2D eigenvalue weighted by molar-refractivity contribution is 8.00. The number of imidazole rings is 1. The molecular formula is C23H18N4O2S2. The van der Waals surface area contributed by atoms with E-state index in [9.17, 15) is 8.42 Å². The smallest absolute Gasteiger partial charge is 0.264 e. The molecule has 4 aromatic rings. The average molecular weight is 447 g/mol. The number of nitrogens with zero attached hydrogens (tertiary/aromatic N) is 3. The molecule has 3 aromatic carbocycles. The Bertz CT molecular complexity index is 1450. The molecule has 0 amide bonds. The fraction of sp³-hybridized carbons (Fsp3) is 0.130. The number of sulfonamides is 1. The molecule has 2 heterocycles. The number of benzene rings is 3. The van der Waals surface area contributed by atoms with Crippen LogP contribution in [0.25, 0.3) is 22.2 Å². The Morgan fingerprint density at radius 2 is 1.84 bits per heavy atom. The molecule has 6 nitrogen and oxygen atoms in total. The van der Waals surface area contributed by atoms with E-state index in [0.717, 1.165) is 27.4 Å². The number of thioether (sulfide) groups is 1. The van der Waals surface area contributed by atoms with Crippen LogP contribution < -0.4 is 4.31 Å². The molecule has 31 heavy (non-hydrogen) atoms. The molecule has 5 rings (SSSR count). The van der Waals surface area contributed by atoms with E-state index in [2.05, 4.69) is 16.0 Å². The van der Waals surface area contributed by atoms with Gasteiger partial charge in [-0.3, -0.25) is 4.31 Å². The number of nitriles is 1. The van der Waals surface area contributed by atoms with Crippen LogP contribution in [0.15, 0.2) is 70.5 Å². The summed E-state index contributed by atoms with van der Waals surface area (Å²) in [6, 6.07) is 20.3. The molecule has 154 valence electrons. The number of aromatic amines is 1. The van der Waals surface area contributed by atoms with Gasteiger partial charge in [-0.1, -0.05) is 18.2 Å². The summed E-state index contributed by atoms with van der Waals surface area (Å²) in [7, 11) is -3.74. The summed E-state index contributed by atoms with van der Waals surface area (Å²) < 4.78 is 28.7. The number of aryl methyl sites for hydroxylation is 1. The fourth-order valence-corrected chi connectivity index (χ4v) is 6.42. The molecule has 0 aliphatic carbocycles. The zero-order valence-electron chi connectivity index (χ0n) is 16.7. The van der Waals surface area contributed by atoms with Gasteiger partial charge in [0.05, 0.1) is 33.2 Å².